The number of likely N-dealkylation sites (tertiary alicyclic amines) is 1. The van der Waals surface area contributed by atoms with Gasteiger partial charge in [0.1, 0.15) is 5.82 Å². The zero-order valence-electron chi connectivity index (χ0n) is 16.6. The lowest BCUT2D eigenvalue weighted by molar-refractivity contribution is -0.124. The van der Waals surface area contributed by atoms with E-state index in [9.17, 15) is 9.18 Å². The van der Waals surface area contributed by atoms with Crippen LogP contribution in [0.25, 0.3) is 0 Å². The smallest absolute Gasteiger partial charge is 0.244 e. The van der Waals surface area contributed by atoms with Gasteiger partial charge in [0.25, 0.3) is 0 Å². The molecule has 0 bridgehead atoms. The Bertz CT molecular complexity index is 838. The van der Waals surface area contributed by atoms with Crippen LogP contribution in [0.2, 0.25) is 0 Å². The van der Waals surface area contributed by atoms with Crippen molar-refractivity contribution in [2.24, 2.45) is 0 Å². The summed E-state index contributed by atoms with van der Waals surface area (Å²) in [6.07, 6.45) is 3.57. The fourth-order valence-electron chi connectivity index (χ4n) is 4.54. The quantitative estimate of drug-likeness (QED) is 0.779. The normalized spacial score (nSPS) is 21.3. The Kier molecular flexibility index (Phi) is 5.36. The van der Waals surface area contributed by atoms with Crippen LogP contribution < -0.4 is 9.80 Å². The summed E-state index contributed by atoms with van der Waals surface area (Å²) in [6.45, 7) is 6.57. The first-order chi connectivity index (χ1) is 13.6. The van der Waals surface area contributed by atoms with Gasteiger partial charge in [0.05, 0.1) is 17.4 Å². The number of hydrogen-bond donors (Lipinski definition) is 0. The molecular weight excluding hydrogens is 353 g/mol. The summed E-state index contributed by atoms with van der Waals surface area (Å²) in [5.41, 5.74) is 2.87. The van der Waals surface area contributed by atoms with E-state index in [0.717, 1.165) is 36.4 Å². The molecule has 5 heteroatoms. The predicted octanol–water partition coefficient (Wildman–Crippen LogP) is 4.57. The first kappa shape index (κ1) is 18.9. The highest BCUT2D eigenvalue weighted by Crippen LogP contribution is 2.38. The van der Waals surface area contributed by atoms with Crippen molar-refractivity contribution >= 4 is 23.0 Å². The summed E-state index contributed by atoms with van der Waals surface area (Å²) in [5, 5.41) is 0. The third-order valence-electron chi connectivity index (χ3n) is 6.12. The molecule has 0 aromatic heterocycles. The summed E-state index contributed by atoms with van der Waals surface area (Å²) in [6, 6.07) is 14.9. The lowest BCUT2D eigenvalue weighted by Gasteiger charge is -2.42. The number of carbonyl (C=O) groups excluding carboxylic acids is 1. The molecule has 1 amide bonds. The van der Waals surface area contributed by atoms with Gasteiger partial charge < -0.3 is 9.80 Å². The van der Waals surface area contributed by atoms with Gasteiger partial charge in [0.15, 0.2) is 0 Å². The summed E-state index contributed by atoms with van der Waals surface area (Å²) >= 11 is 0. The molecule has 0 radical (unpaired) electrons. The third kappa shape index (κ3) is 3.51. The molecule has 2 heterocycles. The Hall–Kier alpha value is -2.40. The summed E-state index contributed by atoms with van der Waals surface area (Å²) in [7, 11) is 0. The van der Waals surface area contributed by atoms with Gasteiger partial charge in [-0.2, -0.15) is 0 Å². The molecule has 0 aliphatic carbocycles. The van der Waals surface area contributed by atoms with Gasteiger partial charge in [-0.25, -0.2) is 4.39 Å². The Morgan fingerprint density at radius 1 is 1.00 bits per heavy atom. The molecule has 4 nitrogen and oxygen atoms in total. The summed E-state index contributed by atoms with van der Waals surface area (Å²) < 4.78 is 13.3. The Morgan fingerprint density at radius 2 is 1.71 bits per heavy atom. The number of halogens is 1. The van der Waals surface area contributed by atoms with Gasteiger partial charge in [-0.15, -0.1) is 0 Å². The molecule has 2 aliphatic heterocycles. The third-order valence-corrected chi connectivity index (χ3v) is 6.12. The number of piperidine rings is 1. The van der Waals surface area contributed by atoms with Gasteiger partial charge in [-0.3, -0.25) is 9.69 Å². The molecule has 0 N–H and O–H groups in total. The molecule has 4 rings (SSSR count). The van der Waals surface area contributed by atoms with Crippen molar-refractivity contribution in [1.29, 1.82) is 0 Å². The van der Waals surface area contributed by atoms with Gasteiger partial charge >= 0.3 is 0 Å². The van der Waals surface area contributed by atoms with Crippen LogP contribution in [0.15, 0.2) is 48.5 Å². The maximum Gasteiger partial charge on any atom is 0.244 e. The van der Waals surface area contributed by atoms with E-state index >= 15 is 0 Å². The molecule has 2 aliphatic rings. The number of carbonyl (C=O) groups is 1. The van der Waals surface area contributed by atoms with Crippen LogP contribution in [0.4, 0.5) is 21.5 Å². The molecule has 1 fully saturated rings. The minimum Gasteiger partial charge on any atom is -0.338 e. The van der Waals surface area contributed by atoms with Gasteiger partial charge in [-0.1, -0.05) is 18.6 Å². The summed E-state index contributed by atoms with van der Waals surface area (Å²) in [5.74, 6) is -0.0738. The van der Waals surface area contributed by atoms with E-state index in [2.05, 4.69) is 16.7 Å². The largest absolute Gasteiger partial charge is 0.338 e. The summed E-state index contributed by atoms with van der Waals surface area (Å²) in [4.78, 5) is 19.8. The van der Waals surface area contributed by atoms with E-state index in [1.54, 1.807) is 12.1 Å². The van der Waals surface area contributed by atoms with Crippen LogP contribution in [0, 0.1) is 5.82 Å². The van der Waals surface area contributed by atoms with Crippen molar-refractivity contribution in [2.45, 2.75) is 45.2 Å². The van der Waals surface area contributed by atoms with E-state index < -0.39 is 0 Å². The fourth-order valence-corrected chi connectivity index (χ4v) is 4.54. The van der Waals surface area contributed by atoms with E-state index in [1.807, 2.05) is 36.1 Å². The van der Waals surface area contributed by atoms with Crippen molar-refractivity contribution in [1.82, 2.24) is 4.90 Å². The second kappa shape index (κ2) is 7.92. The molecule has 2 aromatic rings. The monoisotopic (exact) mass is 381 g/mol. The van der Waals surface area contributed by atoms with Crippen molar-refractivity contribution in [3.05, 3.63) is 54.3 Å². The van der Waals surface area contributed by atoms with E-state index in [1.165, 1.54) is 18.6 Å². The van der Waals surface area contributed by atoms with Gasteiger partial charge in [0.2, 0.25) is 5.91 Å². The number of hydrogen-bond acceptors (Lipinski definition) is 3. The molecule has 2 aromatic carbocycles. The Balaban J connectivity index is 1.61. The maximum atomic E-state index is 13.4. The van der Waals surface area contributed by atoms with E-state index in [-0.39, 0.29) is 17.8 Å². The standard InChI is InChI=1S/C23H28FN3O/c1-17-7-5-6-14-25(17)18(2)23(28)27-16-15-26(20-12-10-19(24)11-13-20)21-8-3-4-9-22(21)27/h3-4,8-13,17-18H,5-7,14-16H2,1-2H3. The number of fused-ring (bicyclic) bond motifs is 1. The number of rotatable bonds is 3. The van der Waals surface area contributed by atoms with E-state index in [4.69, 9.17) is 0 Å². The fraction of sp³-hybridized carbons (Fsp3) is 0.435. The molecule has 28 heavy (non-hydrogen) atoms. The predicted molar refractivity (Wildman–Crippen MR) is 112 cm³/mol. The van der Waals surface area contributed by atoms with Gasteiger partial charge in [-0.05, 0) is 69.6 Å². The zero-order chi connectivity index (χ0) is 19.7. The highest BCUT2D eigenvalue weighted by molar-refractivity contribution is 6.01. The average Bonchev–Trinajstić information content (AvgIpc) is 2.73. The van der Waals surface area contributed by atoms with Gasteiger partial charge in [0, 0.05) is 24.8 Å². The molecule has 148 valence electrons. The van der Waals surface area contributed by atoms with Crippen molar-refractivity contribution in [3.63, 3.8) is 0 Å². The Morgan fingerprint density at radius 3 is 2.43 bits per heavy atom. The van der Waals surface area contributed by atoms with Crippen LogP contribution in [-0.2, 0) is 4.79 Å². The minimum atomic E-state index is -0.240. The second-order valence-corrected chi connectivity index (χ2v) is 7.87. The van der Waals surface area contributed by atoms with Crippen molar-refractivity contribution in [2.75, 3.05) is 29.4 Å². The molecule has 2 unspecified atom stereocenters. The van der Waals surface area contributed by atoms with Crippen LogP contribution >= 0.6 is 0 Å². The number of amides is 1. The SMILES string of the molecule is CC1CCCCN1C(C)C(=O)N1CCN(c2ccc(F)cc2)c2ccccc21. The van der Waals surface area contributed by atoms with Crippen molar-refractivity contribution < 1.29 is 9.18 Å². The van der Waals surface area contributed by atoms with Crippen LogP contribution in [0.1, 0.15) is 33.1 Å². The topological polar surface area (TPSA) is 26.8 Å². The van der Waals surface area contributed by atoms with Crippen molar-refractivity contribution in [3.8, 4) is 0 Å². The van der Waals surface area contributed by atoms with E-state index in [0.29, 0.717) is 19.1 Å². The zero-order valence-corrected chi connectivity index (χ0v) is 16.6. The highest BCUT2D eigenvalue weighted by atomic mass is 19.1. The van der Waals surface area contributed by atoms with Crippen LogP contribution in [0.3, 0.4) is 0 Å². The number of benzene rings is 2. The maximum absolute atomic E-state index is 13.4. The molecule has 0 saturated carbocycles. The molecule has 1 saturated heterocycles. The molecular formula is C23H28FN3O. The number of anilines is 3. The Labute approximate surface area is 166 Å². The number of nitrogens with zero attached hydrogens (tertiary/aromatic N) is 3. The average molecular weight is 381 g/mol. The molecule has 0 spiro atoms. The van der Waals surface area contributed by atoms with Crippen LogP contribution in [0.5, 0.6) is 0 Å². The lowest BCUT2D eigenvalue weighted by atomic mass is 10.0. The first-order valence-corrected chi connectivity index (χ1v) is 10.3. The minimum absolute atomic E-state index is 0.124. The lowest BCUT2D eigenvalue weighted by Crippen LogP contribution is -2.54. The molecule has 2 atom stereocenters. The highest BCUT2D eigenvalue weighted by Gasteiger charge is 2.34. The first-order valence-electron chi connectivity index (χ1n) is 10.3. The number of para-hydroxylation sites is 2. The second-order valence-electron chi connectivity index (χ2n) is 7.87. The van der Waals surface area contributed by atoms with Crippen LogP contribution in [-0.4, -0.2) is 42.5 Å².